The summed E-state index contributed by atoms with van der Waals surface area (Å²) in [6.45, 7) is 6.74. The van der Waals surface area contributed by atoms with Gasteiger partial charge in [0.1, 0.15) is 5.75 Å². The number of benzene rings is 1. The van der Waals surface area contributed by atoms with Crippen molar-refractivity contribution in [2.24, 2.45) is 23.7 Å². The van der Waals surface area contributed by atoms with E-state index in [9.17, 15) is 0 Å². The van der Waals surface area contributed by atoms with Crippen molar-refractivity contribution in [2.75, 3.05) is 0 Å². The SMILES string of the molecule is C[Si](C)(C)Oc1ccc(C2CC3CC2C2CCCC32)cc1. The minimum absolute atomic E-state index is 0.843. The average Bonchev–Trinajstić information content (AvgIpc) is 3.10. The van der Waals surface area contributed by atoms with Crippen molar-refractivity contribution in [3.05, 3.63) is 29.8 Å². The zero-order valence-corrected chi connectivity index (χ0v) is 14.6. The lowest BCUT2D eigenvalue weighted by Crippen LogP contribution is -2.29. The summed E-state index contributed by atoms with van der Waals surface area (Å²) >= 11 is 0. The first-order valence-electron chi connectivity index (χ1n) is 8.80. The maximum Gasteiger partial charge on any atom is 0.242 e. The van der Waals surface area contributed by atoms with Crippen LogP contribution >= 0.6 is 0 Å². The van der Waals surface area contributed by atoms with E-state index in [1.54, 1.807) is 5.56 Å². The van der Waals surface area contributed by atoms with Crippen molar-refractivity contribution in [3.63, 3.8) is 0 Å². The Hall–Kier alpha value is -0.763. The highest BCUT2D eigenvalue weighted by Gasteiger charge is 2.53. The molecule has 0 aliphatic heterocycles. The zero-order valence-electron chi connectivity index (χ0n) is 13.6. The summed E-state index contributed by atoms with van der Waals surface area (Å²) in [5, 5.41) is 0. The second-order valence-corrected chi connectivity index (χ2v) is 13.0. The van der Waals surface area contributed by atoms with E-state index < -0.39 is 8.32 Å². The first-order valence-corrected chi connectivity index (χ1v) is 12.2. The topological polar surface area (TPSA) is 9.23 Å². The van der Waals surface area contributed by atoms with E-state index in [2.05, 4.69) is 43.9 Å². The number of hydrogen-bond donors (Lipinski definition) is 0. The molecule has 0 radical (unpaired) electrons. The summed E-state index contributed by atoms with van der Waals surface area (Å²) in [4.78, 5) is 0. The van der Waals surface area contributed by atoms with Gasteiger partial charge in [-0.25, -0.2) is 0 Å². The standard InChI is InChI=1S/C19H28OSi/c1-21(2,3)20-15-9-7-13(8-10-15)18-11-14-12-19(18)17-6-4-5-16(14)17/h7-10,14,16-19H,4-6,11-12H2,1-3H3. The monoisotopic (exact) mass is 300 g/mol. The molecule has 1 aromatic carbocycles. The summed E-state index contributed by atoms with van der Waals surface area (Å²) in [6.07, 6.45) is 7.52. The Morgan fingerprint density at radius 2 is 1.62 bits per heavy atom. The molecule has 5 unspecified atom stereocenters. The minimum atomic E-state index is -1.48. The lowest BCUT2D eigenvalue weighted by molar-refractivity contribution is 0.232. The number of hydrogen-bond acceptors (Lipinski definition) is 1. The fourth-order valence-corrected chi connectivity index (χ4v) is 6.43. The van der Waals surface area contributed by atoms with Gasteiger partial charge in [-0.05, 0) is 92.6 Å². The van der Waals surface area contributed by atoms with Crippen LogP contribution in [0, 0.1) is 23.7 Å². The number of fused-ring (bicyclic) bond motifs is 5. The zero-order chi connectivity index (χ0) is 14.6. The van der Waals surface area contributed by atoms with Gasteiger partial charge in [-0.1, -0.05) is 18.6 Å². The Kier molecular flexibility index (Phi) is 3.22. The molecule has 3 saturated carbocycles. The third-order valence-corrected chi connectivity index (χ3v) is 7.01. The van der Waals surface area contributed by atoms with Crippen LogP contribution in [-0.4, -0.2) is 8.32 Å². The molecule has 0 spiro atoms. The van der Waals surface area contributed by atoms with Gasteiger partial charge in [-0.2, -0.15) is 0 Å². The summed E-state index contributed by atoms with van der Waals surface area (Å²) in [6, 6.07) is 9.13. The van der Waals surface area contributed by atoms with Gasteiger partial charge in [-0.15, -0.1) is 0 Å². The predicted molar refractivity (Wildman–Crippen MR) is 90.2 cm³/mol. The van der Waals surface area contributed by atoms with Gasteiger partial charge in [0.2, 0.25) is 8.32 Å². The van der Waals surface area contributed by atoms with Crippen LogP contribution in [0.1, 0.15) is 43.6 Å². The molecule has 2 bridgehead atoms. The summed E-state index contributed by atoms with van der Waals surface area (Å²) in [7, 11) is -1.48. The molecule has 21 heavy (non-hydrogen) atoms. The molecule has 1 aromatic rings. The van der Waals surface area contributed by atoms with Crippen LogP contribution in [-0.2, 0) is 0 Å². The summed E-state index contributed by atoms with van der Waals surface area (Å²) in [5.41, 5.74) is 1.58. The van der Waals surface area contributed by atoms with E-state index in [0.717, 1.165) is 35.3 Å². The van der Waals surface area contributed by atoms with Crippen LogP contribution in [0.5, 0.6) is 5.75 Å². The van der Waals surface area contributed by atoms with Crippen LogP contribution in [0.4, 0.5) is 0 Å². The summed E-state index contributed by atoms with van der Waals surface area (Å²) in [5.74, 6) is 6.11. The molecule has 0 N–H and O–H groups in total. The van der Waals surface area contributed by atoms with Crippen molar-refractivity contribution in [1.82, 2.24) is 0 Å². The normalized spacial score (nSPS) is 37.8. The van der Waals surface area contributed by atoms with E-state index in [1.807, 2.05) is 0 Å². The quantitative estimate of drug-likeness (QED) is 0.675. The molecule has 3 fully saturated rings. The van der Waals surface area contributed by atoms with Gasteiger partial charge in [0.25, 0.3) is 0 Å². The molecule has 2 heteroatoms. The lowest BCUT2D eigenvalue weighted by Gasteiger charge is -2.32. The van der Waals surface area contributed by atoms with Crippen molar-refractivity contribution in [3.8, 4) is 5.75 Å². The van der Waals surface area contributed by atoms with E-state index in [4.69, 9.17) is 4.43 Å². The molecule has 0 amide bonds. The Labute approximate surface area is 130 Å². The first-order chi connectivity index (χ1) is 10.0. The van der Waals surface area contributed by atoms with Crippen LogP contribution in [0.2, 0.25) is 19.6 Å². The fourth-order valence-electron chi connectivity index (χ4n) is 5.59. The maximum atomic E-state index is 6.09. The van der Waals surface area contributed by atoms with Crippen molar-refractivity contribution in [1.29, 1.82) is 0 Å². The highest BCUT2D eigenvalue weighted by atomic mass is 28.4. The molecule has 0 aromatic heterocycles. The van der Waals surface area contributed by atoms with E-state index >= 15 is 0 Å². The molecule has 0 heterocycles. The molecule has 114 valence electrons. The third-order valence-electron chi connectivity index (χ3n) is 6.16. The van der Waals surface area contributed by atoms with Crippen LogP contribution < -0.4 is 4.43 Å². The van der Waals surface area contributed by atoms with Gasteiger partial charge in [0, 0.05) is 0 Å². The predicted octanol–water partition coefficient (Wildman–Crippen LogP) is 5.44. The molecule has 1 nitrogen and oxygen atoms in total. The van der Waals surface area contributed by atoms with Gasteiger partial charge >= 0.3 is 0 Å². The van der Waals surface area contributed by atoms with Crippen molar-refractivity contribution >= 4 is 8.32 Å². The van der Waals surface area contributed by atoms with Crippen LogP contribution in [0.15, 0.2) is 24.3 Å². The number of rotatable bonds is 3. The van der Waals surface area contributed by atoms with Crippen molar-refractivity contribution < 1.29 is 4.43 Å². The molecular weight excluding hydrogens is 272 g/mol. The van der Waals surface area contributed by atoms with Crippen LogP contribution in [0.25, 0.3) is 0 Å². The second-order valence-electron chi connectivity index (χ2n) is 8.54. The molecule has 3 aliphatic carbocycles. The van der Waals surface area contributed by atoms with Gasteiger partial charge < -0.3 is 4.43 Å². The van der Waals surface area contributed by atoms with Crippen molar-refractivity contribution in [2.45, 2.75) is 57.7 Å². The maximum absolute atomic E-state index is 6.09. The first kappa shape index (κ1) is 13.9. The molecular formula is C19H28OSi. The minimum Gasteiger partial charge on any atom is -0.544 e. The van der Waals surface area contributed by atoms with Gasteiger partial charge in [0.05, 0.1) is 0 Å². The smallest absolute Gasteiger partial charge is 0.242 e. The average molecular weight is 301 g/mol. The van der Waals surface area contributed by atoms with E-state index in [0.29, 0.717) is 0 Å². The van der Waals surface area contributed by atoms with Gasteiger partial charge in [0.15, 0.2) is 0 Å². The Morgan fingerprint density at radius 3 is 2.33 bits per heavy atom. The van der Waals surface area contributed by atoms with Gasteiger partial charge in [-0.3, -0.25) is 0 Å². The molecule has 0 saturated heterocycles. The fraction of sp³-hybridized carbons (Fsp3) is 0.684. The molecule has 5 atom stereocenters. The Balaban J connectivity index is 1.50. The molecule has 3 aliphatic rings. The van der Waals surface area contributed by atoms with E-state index in [1.165, 1.54) is 32.1 Å². The highest BCUT2D eigenvalue weighted by molar-refractivity contribution is 6.70. The Bertz CT molecular complexity index is 515. The highest BCUT2D eigenvalue weighted by Crippen LogP contribution is 2.63. The Morgan fingerprint density at radius 1 is 0.905 bits per heavy atom. The lowest BCUT2D eigenvalue weighted by atomic mass is 9.73. The third kappa shape index (κ3) is 2.46. The second kappa shape index (κ2) is 4.87. The van der Waals surface area contributed by atoms with Crippen LogP contribution in [0.3, 0.4) is 0 Å². The molecule has 4 rings (SSSR count). The van der Waals surface area contributed by atoms with E-state index in [-0.39, 0.29) is 0 Å². The summed E-state index contributed by atoms with van der Waals surface area (Å²) < 4.78 is 6.09. The largest absolute Gasteiger partial charge is 0.544 e.